The Balaban J connectivity index is 2.09. The molecule has 1 aliphatic heterocycles. The van der Waals surface area contributed by atoms with Gasteiger partial charge in [0.25, 0.3) is 0 Å². The first-order valence-corrected chi connectivity index (χ1v) is 5.58. The number of aliphatic hydroxyl groups excluding tert-OH is 1. The lowest BCUT2D eigenvalue weighted by Crippen LogP contribution is -2.37. The third kappa shape index (κ3) is 2.48. The van der Waals surface area contributed by atoms with Gasteiger partial charge in [0.15, 0.2) is 0 Å². The maximum atomic E-state index is 9.16. The fraction of sp³-hybridized carbons (Fsp3) is 0.583. The lowest BCUT2D eigenvalue weighted by atomic mass is 9.99. The average molecular weight is 206 g/mol. The van der Waals surface area contributed by atoms with Crippen LogP contribution < -0.4 is 4.90 Å². The Hall–Kier alpha value is -1.09. The van der Waals surface area contributed by atoms with E-state index < -0.39 is 0 Å². The zero-order valence-electron chi connectivity index (χ0n) is 9.19. The highest BCUT2D eigenvalue weighted by Crippen LogP contribution is 2.21. The number of hydrogen-bond acceptors (Lipinski definition) is 3. The molecule has 3 heteroatoms. The van der Waals surface area contributed by atoms with Gasteiger partial charge in [0.2, 0.25) is 0 Å². The molecule has 15 heavy (non-hydrogen) atoms. The molecule has 0 spiro atoms. The Morgan fingerprint density at radius 3 is 3.20 bits per heavy atom. The van der Waals surface area contributed by atoms with Gasteiger partial charge in [-0.1, -0.05) is 0 Å². The number of aryl methyl sites for hydroxylation is 1. The van der Waals surface area contributed by atoms with Crippen LogP contribution in [-0.2, 0) is 0 Å². The number of pyridine rings is 1. The quantitative estimate of drug-likeness (QED) is 0.798. The summed E-state index contributed by atoms with van der Waals surface area (Å²) in [6.45, 7) is 4.38. The van der Waals surface area contributed by atoms with E-state index in [1.165, 1.54) is 5.56 Å². The molecule has 0 radical (unpaired) electrons. The summed E-state index contributed by atoms with van der Waals surface area (Å²) in [5, 5.41) is 9.16. The molecule has 0 aromatic carbocycles. The largest absolute Gasteiger partial charge is 0.396 e. The first kappa shape index (κ1) is 10.4. The standard InChI is InChI=1S/C12H18N2O/c1-10-4-5-13-12(7-10)14-6-2-3-11(8-14)9-15/h4-5,7,11,15H,2-3,6,8-9H2,1H3. The number of nitrogens with zero attached hydrogens (tertiary/aromatic N) is 2. The van der Waals surface area contributed by atoms with Crippen LogP contribution in [0.25, 0.3) is 0 Å². The van der Waals surface area contributed by atoms with Gasteiger partial charge in [-0.3, -0.25) is 0 Å². The minimum atomic E-state index is 0.294. The van der Waals surface area contributed by atoms with Gasteiger partial charge < -0.3 is 10.0 Å². The van der Waals surface area contributed by atoms with Crippen LogP contribution in [0.5, 0.6) is 0 Å². The molecular weight excluding hydrogens is 188 g/mol. The number of rotatable bonds is 2. The maximum Gasteiger partial charge on any atom is 0.128 e. The van der Waals surface area contributed by atoms with E-state index in [1.54, 1.807) is 0 Å². The maximum absolute atomic E-state index is 9.16. The van der Waals surface area contributed by atoms with Crippen molar-refractivity contribution in [3.63, 3.8) is 0 Å². The molecule has 1 aliphatic rings. The molecule has 1 unspecified atom stereocenters. The second-order valence-corrected chi connectivity index (χ2v) is 4.33. The van der Waals surface area contributed by atoms with Gasteiger partial charge in [0, 0.05) is 25.9 Å². The van der Waals surface area contributed by atoms with Gasteiger partial charge in [-0.2, -0.15) is 0 Å². The first-order valence-electron chi connectivity index (χ1n) is 5.58. The molecule has 1 aromatic rings. The zero-order valence-corrected chi connectivity index (χ0v) is 9.19. The predicted molar refractivity (Wildman–Crippen MR) is 61.0 cm³/mol. The van der Waals surface area contributed by atoms with E-state index >= 15 is 0 Å². The summed E-state index contributed by atoms with van der Waals surface area (Å²) in [5.41, 5.74) is 1.24. The van der Waals surface area contributed by atoms with Gasteiger partial charge in [-0.05, 0) is 43.4 Å². The van der Waals surface area contributed by atoms with E-state index in [1.807, 2.05) is 12.3 Å². The summed E-state index contributed by atoms with van der Waals surface area (Å²) >= 11 is 0. The molecule has 0 amide bonds. The lowest BCUT2D eigenvalue weighted by Gasteiger charge is -2.32. The fourth-order valence-electron chi connectivity index (χ4n) is 2.12. The topological polar surface area (TPSA) is 36.4 Å². The number of aliphatic hydroxyl groups is 1. The van der Waals surface area contributed by atoms with Crippen LogP contribution in [0.15, 0.2) is 18.3 Å². The van der Waals surface area contributed by atoms with Gasteiger partial charge in [0.05, 0.1) is 0 Å². The number of aromatic nitrogens is 1. The number of anilines is 1. The van der Waals surface area contributed by atoms with Gasteiger partial charge >= 0.3 is 0 Å². The molecule has 3 nitrogen and oxygen atoms in total. The molecule has 0 aliphatic carbocycles. The van der Waals surface area contributed by atoms with Crippen molar-refractivity contribution < 1.29 is 5.11 Å². The van der Waals surface area contributed by atoms with Crippen molar-refractivity contribution in [1.82, 2.24) is 4.98 Å². The van der Waals surface area contributed by atoms with E-state index in [9.17, 15) is 0 Å². The minimum absolute atomic E-state index is 0.294. The third-order valence-electron chi connectivity index (χ3n) is 3.00. The van der Waals surface area contributed by atoms with E-state index in [4.69, 9.17) is 5.11 Å². The summed E-state index contributed by atoms with van der Waals surface area (Å²) < 4.78 is 0. The Labute approximate surface area is 90.8 Å². The summed E-state index contributed by atoms with van der Waals surface area (Å²) in [6, 6.07) is 4.12. The summed E-state index contributed by atoms with van der Waals surface area (Å²) in [5.74, 6) is 1.47. The molecule has 1 saturated heterocycles. The van der Waals surface area contributed by atoms with E-state index in [0.29, 0.717) is 12.5 Å². The second-order valence-electron chi connectivity index (χ2n) is 4.33. The molecule has 1 atom stereocenters. The molecule has 1 fully saturated rings. The normalized spacial score (nSPS) is 21.7. The second kappa shape index (κ2) is 4.62. The molecule has 0 bridgehead atoms. The fourth-order valence-corrected chi connectivity index (χ4v) is 2.12. The number of hydrogen-bond donors (Lipinski definition) is 1. The minimum Gasteiger partial charge on any atom is -0.396 e. The lowest BCUT2D eigenvalue weighted by molar-refractivity contribution is 0.208. The van der Waals surface area contributed by atoms with Gasteiger partial charge in [-0.25, -0.2) is 4.98 Å². The summed E-state index contributed by atoms with van der Waals surface area (Å²) in [7, 11) is 0. The Bertz CT molecular complexity index is 327. The Kier molecular flexibility index (Phi) is 3.21. The van der Waals surface area contributed by atoms with E-state index in [-0.39, 0.29) is 0 Å². The van der Waals surface area contributed by atoms with Crippen molar-refractivity contribution in [3.05, 3.63) is 23.9 Å². The molecule has 82 valence electrons. The molecule has 1 aromatic heterocycles. The highest BCUT2D eigenvalue weighted by Gasteiger charge is 2.19. The third-order valence-corrected chi connectivity index (χ3v) is 3.00. The van der Waals surface area contributed by atoms with Crippen LogP contribution in [-0.4, -0.2) is 29.8 Å². The zero-order chi connectivity index (χ0) is 10.7. The molecule has 2 rings (SSSR count). The van der Waals surface area contributed by atoms with Crippen LogP contribution >= 0.6 is 0 Å². The smallest absolute Gasteiger partial charge is 0.128 e. The monoisotopic (exact) mass is 206 g/mol. The van der Waals surface area contributed by atoms with Crippen molar-refractivity contribution in [2.75, 3.05) is 24.6 Å². The van der Waals surface area contributed by atoms with Crippen molar-refractivity contribution in [3.8, 4) is 0 Å². The van der Waals surface area contributed by atoms with Crippen LogP contribution in [0, 0.1) is 12.8 Å². The van der Waals surface area contributed by atoms with Crippen molar-refractivity contribution in [1.29, 1.82) is 0 Å². The van der Waals surface area contributed by atoms with E-state index in [0.717, 1.165) is 31.7 Å². The number of piperidine rings is 1. The summed E-state index contributed by atoms with van der Waals surface area (Å²) in [6.07, 6.45) is 4.15. The van der Waals surface area contributed by atoms with Crippen molar-refractivity contribution in [2.45, 2.75) is 19.8 Å². The van der Waals surface area contributed by atoms with Gasteiger partial charge in [0.1, 0.15) is 5.82 Å². The Morgan fingerprint density at radius 1 is 1.60 bits per heavy atom. The van der Waals surface area contributed by atoms with Crippen LogP contribution in [0.1, 0.15) is 18.4 Å². The first-order chi connectivity index (χ1) is 7.29. The SMILES string of the molecule is Cc1ccnc(N2CCCC(CO)C2)c1. The van der Waals surface area contributed by atoms with Crippen LogP contribution in [0.2, 0.25) is 0 Å². The molecular formula is C12H18N2O. The summed E-state index contributed by atoms with van der Waals surface area (Å²) in [4.78, 5) is 6.65. The van der Waals surface area contributed by atoms with Crippen LogP contribution in [0.3, 0.4) is 0 Å². The average Bonchev–Trinajstić information content (AvgIpc) is 2.29. The van der Waals surface area contributed by atoms with Crippen molar-refractivity contribution in [2.24, 2.45) is 5.92 Å². The molecule has 2 heterocycles. The van der Waals surface area contributed by atoms with Gasteiger partial charge in [-0.15, -0.1) is 0 Å². The van der Waals surface area contributed by atoms with Crippen molar-refractivity contribution >= 4 is 5.82 Å². The Morgan fingerprint density at radius 2 is 2.47 bits per heavy atom. The predicted octanol–water partition coefficient (Wildman–Crippen LogP) is 1.60. The van der Waals surface area contributed by atoms with Crippen LogP contribution in [0.4, 0.5) is 5.82 Å². The highest BCUT2D eigenvalue weighted by atomic mass is 16.3. The molecule has 0 saturated carbocycles. The van der Waals surface area contributed by atoms with E-state index in [2.05, 4.69) is 22.9 Å². The molecule has 1 N–H and O–H groups in total. The highest BCUT2D eigenvalue weighted by molar-refractivity contribution is 5.41.